The molecule has 0 N–H and O–H groups in total. The van der Waals surface area contributed by atoms with E-state index in [-0.39, 0.29) is 5.97 Å². The molecular weight excluding hydrogens is 192 g/mol. The second kappa shape index (κ2) is 5.86. The summed E-state index contributed by atoms with van der Waals surface area (Å²) in [6.45, 7) is 5.69. The number of carbonyl (C=O) groups excluding carboxylic acids is 1. The van der Waals surface area contributed by atoms with E-state index in [2.05, 4.69) is 6.58 Å². The highest BCUT2D eigenvalue weighted by atomic mass is 16.5. The summed E-state index contributed by atoms with van der Waals surface area (Å²) in [5.41, 5.74) is 2.02. The van der Waals surface area contributed by atoms with E-state index in [1.807, 2.05) is 24.3 Å². The smallest absolute Gasteiger partial charge is 0.302 e. The van der Waals surface area contributed by atoms with Crippen molar-refractivity contribution in [1.82, 2.24) is 0 Å². The van der Waals surface area contributed by atoms with Crippen molar-refractivity contribution in [3.05, 3.63) is 48.2 Å². The van der Waals surface area contributed by atoms with Gasteiger partial charge in [0, 0.05) is 6.92 Å². The fraction of sp³-hybridized carbons (Fsp3) is 0.250. The third kappa shape index (κ3) is 4.31. The van der Waals surface area contributed by atoms with Gasteiger partial charge in [0.2, 0.25) is 0 Å². The molecule has 1 rings (SSSR count). The van der Waals surface area contributed by atoms with E-state index in [1.165, 1.54) is 13.2 Å². The average Bonchev–Trinajstić information content (AvgIpc) is 2.25. The van der Waals surface area contributed by atoms with Gasteiger partial charge in [0.15, 0.2) is 0 Å². The van der Waals surface area contributed by atoms with Crippen molar-refractivity contribution < 1.29 is 14.3 Å². The normalized spacial score (nSPS) is 9.40. The minimum absolute atomic E-state index is 0.269. The van der Waals surface area contributed by atoms with Crippen LogP contribution in [0.3, 0.4) is 0 Å². The lowest BCUT2D eigenvalue weighted by molar-refractivity contribution is -0.142. The maximum absolute atomic E-state index is 10.6. The molecule has 0 spiro atoms. The van der Waals surface area contributed by atoms with Crippen LogP contribution in [0.25, 0.3) is 0 Å². The predicted molar refractivity (Wildman–Crippen MR) is 56.9 cm³/mol. The van der Waals surface area contributed by atoms with E-state index in [1.54, 1.807) is 0 Å². The Morgan fingerprint density at radius 3 is 2.27 bits per heavy atom. The lowest BCUT2D eigenvalue weighted by Gasteiger charge is -2.04. The van der Waals surface area contributed by atoms with Crippen molar-refractivity contribution in [2.24, 2.45) is 0 Å². The third-order valence-corrected chi connectivity index (χ3v) is 1.83. The lowest BCUT2D eigenvalue weighted by atomic mass is 10.1. The summed E-state index contributed by atoms with van der Waals surface area (Å²) in [6.07, 6.45) is 1.41. The summed E-state index contributed by atoms with van der Waals surface area (Å²) in [6, 6.07) is 7.68. The van der Waals surface area contributed by atoms with Gasteiger partial charge in [0.05, 0.1) is 6.26 Å². The molecule has 0 aliphatic rings. The van der Waals surface area contributed by atoms with E-state index in [0.717, 1.165) is 11.1 Å². The number of hydrogen-bond donors (Lipinski definition) is 0. The second-order valence-electron chi connectivity index (χ2n) is 3.07. The van der Waals surface area contributed by atoms with Crippen LogP contribution in [0.4, 0.5) is 0 Å². The van der Waals surface area contributed by atoms with Crippen LogP contribution in [0.15, 0.2) is 37.1 Å². The van der Waals surface area contributed by atoms with E-state index in [9.17, 15) is 4.79 Å². The van der Waals surface area contributed by atoms with Crippen LogP contribution >= 0.6 is 0 Å². The Labute approximate surface area is 89.3 Å². The molecule has 3 heteroatoms. The molecule has 0 saturated carbocycles. The minimum atomic E-state index is -0.269. The van der Waals surface area contributed by atoms with Crippen molar-refractivity contribution in [2.75, 3.05) is 0 Å². The van der Waals surface area contributed by atoms with Crippen molar-refractivity contribution in [3.63, 3.8) is 0 Å². The zero-order valence-electron chi connectivity index (χ0n) is 8.73. The summed E-state index contributed by atoms with van der Waals surface area (Å²) >= 11 is 0. The molecule has 0 aliphatic carbocycles. The fourth-order valence-electron chi connectivity index (χ4n) is 1.07. The van der Waals surface area contributed by atoms with Gasteiger partial charge in [-0.05, 0) is 11.1 Å². The van der Waals surface area contributed by atoms with E-state index in [4.69, 9.17) is 9.47 Å². The first-order valence-electron chi connectivity index (χ1n) is 4.66. The highest BCUT2D eigenvalue weighted by Crippen LogP contribution is 2.07. The van der Waals surface area contributed by atoms with Crippen molar-refractivity contribution in [2.45, 2.75) is 20.1 Å². The summed E-state index contributed by atoms with van der Waals surface area (Å²) in [5, 5.41) is 0. The first-order chi connectivity index (χ1) is 7.22. The van der Waals surface area contributed by atoms with Gasteiger partial charge in [-0.3, -0.25) is 4.79 Å². The van der Waals surface area contributed by atoms with Gasteiger partial charge in [-0.1, -0.05) is 30.8 Å². The highest BCUT2D eigenvalue weighted by Gasteiger charge is 1.97. The zero-order valence-corrected chi connectivity index (χ0v) is 8.73. The Kier molecular flexibility index (Phi) is 4.41. The van der Waals surface area contributed by atoms with Crippen LogP contribution < -0.4 is 0 Å². The first-order valence-corrected chi connectivity index (χ1v) is 4.66. The van der Waals surface area contributed by atoms with Crippen LogP contribution in [0.1, 0.15) is 18.1 Å². The summed E-state index contributed by atoms with van der Waals surface area (Å²) < 4.78 is 9.90. The molecule has 1 aromatic carbocycles. The zero-order chi connectivity index (χ0) is 11.1. The molecule has 15 heavy (non-hydrogen) atoms. The van der Waals surface area contributed by atoms with Crippen LogP contribution in [0, 0.1) is 0 Å². The van der Waals surface area contributed by atoms with Gasteiger partial charge in [-0.15, -0.1) is 0 Å². The van der Waals surface area contributed by atoms with Gasteiger partial charge >= 0.3 is 5.97 Å². The van der Waals surface area contributed by atoms with Crippen molar-refractivity contribution in [3.8, 4) is 0 Å². The summed E-state index contributed by atoms with van der Waals surface area (Å²) in [5.74, 6) is -0.269. The Hall–Kier alpha value is -1.77. The molecule has 0 atom stereocenters. The molecule has 0 aliphatic heterocycles. The van der Waals surface area contributed by atoms with Gasteiger partial charge in [0.1, 0.15) is 13.2 Å². The number of rotatable bonds is 5. The Balaban J connectivity index is 2.48. The van der Waals surface area contributed by atoms with Gasteiger partial charge in [0.25, 0.3) is 0 Å². The first kappa shape index (κ1) is 11.3. The van der Waals surface area contributed by atoms with Crippen LogP contribution in [-0.4, -0.2) is 5.97 Å². The number of hydrogen-bond acceptors (Lipinski definition) is 3. The average molecular weight is 206 g/mol. The van der Waals surface area contributed by atoms with Gasteiger partial charge < -0.3 is 9.47 Å². The SMILES string of the molecule is C=COCc1ccc(COC(C)=O)cc1. The van der Waals surface area contributed by atoms with E-state index >= 15 is 0 Å². The second-order valence-corrected chi connectivity index (χ2v) is 3.07. The molecule has 1 aromatic rings. The molecule has 0 unspecified atom stereocenters. The van der Waals surface area contributed by atoms with E-state index < -0.39 is 0 Å². The third-order valence-electron chi connectivity index (χ3n) is 1.83. The molecule has 0 bridgehead atoms. The van der Waals surface area contributed by atoms with Gasteiger partial charge in [-0.2, -0.15) is 0 Å². The van der Waals surface area contributed by atoms with E-state index in [0.29, 0.717) is 13.2 Å². The molecule has 3 nitrogen and oxygen atoms in total. The minimum Gasteiger partial charge on any atom is -0.497 e. The molecule has 0 amide bonds. The summed E-state index contributed by atoms with van der Waals surface area (Å²) in [4.78, 5) is 10.6. The molecule has 0 aromatic heterocycles. The predicted octanol–water partition coefficient (Wildman–Crippen LogP) is 2.41. The highest BCUT2D eigenvalue weighted by molar-refractivity contribution is 5.65. The maximum atomic E-state index is 10.6. The quantitative estimate of drug-likeness (QED) is 0.548. The Morgan fingerprint density at radius 2 is 1.80 bits per heavy atom. The van der Waals surface area contributed by atoms with Gasteiger partial charge in [-0.25, -0.2) is 0 Å². The van der Waals surface area contributed by atoms with Crippen LogP contribution in [0.5, 0.6) is 0 Å². The molecular formula is C12H14O3. The van der Waals surface area contributed by atoms with Crippen LogP contribution in [0.2, 0.25) is 0 Å². The molecule has 80 valence electrons. The van der Waals surface area contributed by atoms with Crippen molar-refractivity contribution in [1.29, 1.82) is 0 Å². The Bertz CT molecular complexity index is 327. The Morgan fingerprint density at radius 1 is 1.27 bits per heavy atom. The van der Waals surface area contributed by atoms with Crippen LogP contribution in [-0.2, 0) is 27.5 Å². The standard InChI is InChI=1S/C12H14O3/c1-3-14-8-11-4-6-12(7-5-11)9-15-10(2)13/h3-7H,1,8-9H2,2H3. The largest absolute Gasteiger partial charge is 0.497 e. The molecule has 0 radical (unpaired) electrons. The maximum Gasteiger partial charge on any atom is 0.302 e. The number of esters is 1. The summed E-state index contributed by atoms with van der Waals surface area (Å²) in [7, 11) is 0. The monoisotopic (exact) mass is 206 g/mol. The topological polar surface area (TPSA) is 35.5 Å². The lowest BCUT2D eigenvalue weighted by Crippen LogP contribution is -1.98. The van der Waals surface area contributed by atoms with Crippen molar-refractivity contribution >= 4 is 5.97 Å². The molecule has 0 heterocycles. The number of benzene rings is 1. The number of carbonyl (C=O) groups is 1. The number of ether oxygens (including phenoxy) is 2. The molecule has 0 saturated heterocycles. The molecule has 0 fully saturated rings. The fourth-order valence-corrected chi connectivity index (χ4v) is 1.07.